The van der Waals surface area contributed by atoms with Gasteiger partial charge in [0.2, 0.25) is 0 Å². The van der Waals surface area contributed by atoms with E-state index < -0.39 is 0 Å². The molecule has 0 N–H and O–H groups in total. The third kappa shape index (κ3) is 4.82. The number of aromatic nitrogens is 2. The van der Waals surface area contributed by atoms with E-state index in [-0.39, 0.29) is 5.97 Å². The number of hydrogen-bond acceptors (Lipinski definition) is 6. The Labute approximate surface area is 113 Å². The van der Waals surface area contributed by atoms with Gasteiger partial charge in [-0.25, -0.2) is 4.98 Å². The molecule has 6 nitrogen and oxygen atoms in total. The average molecular weight is 267 g/mol. The largest absolute Gasteiger partial charge is 0.469 e. The average Bonchev–Trinajstić information content (AvgIpc) is 2.42. The lowest BCUT2D eigenvalue weighted by molar-refractivity contribution is -0.140. The number of carbonyl (C=O) groups excluding carboxylic acids is 1. The highest BCUT2D eigenvalue weighted by atomic mass is 16.5. The Morgan fingerprint density at radius 3 is 2.58 bits per heavy atom. The molecule has 0 saturated carbocycles. The van der Waals surface area contributed by atoms with Crippen molar-refractivity contribution in [1.82, 2.24) is 9.97 Å². The molecule has 1 rings (SSSR count). The first-order valence-electron chi connectivity index (χ1n) is 6.19. The van der Waals surface area contributed by atoms with E-state index in [1.54, 1.807) is 13.3 Å². The Kier molecular flexibility index (Phi) is 6.21. The van der Waals surface area contributed by atoms with Gasteiger partial charge in [0.1, 0.15) is 5.82 Å². The molecule has 1 aromatic rings. The van der Waals surface area contributed by atoms with Gasteiger partial charge in [-0.1, -0.05) is 0 Å². The number of anilines is 1. The Hall–Kier alpha value is -1.69. The summed E-state index contributed by atoms with van der Waals surface area (Å²) in [6, 6.07) is 0. The van der Waals surface area contributed by atoms with Crippen molar-refractivity contribution >= 4 is 11.8 Å². The van der Waals surface area contributed by atoms with Crippen LogP contribution < -0.4 is 4.90 Å². The van der Waals surface area contributed by atoms with Crippen LogP contribution in [0.3, 0.4) is 0 Å². The van der Waals surface area contributed by atoms with E-state index in [1.807, 2.05) is 18.7 Å². The molecule has 0 spiro atoms. The molecule has 0 aromatic carbocycles. The van der Waals surface area contributed by atoms with Crippen LogP contribution >= 0.6 is 0 Å². The molecule has 0 bridgehead atoms. The molecule has 0 atom stereocenters. The fourth-order valence-corrected chi connectivity index (χ4v) is 1.55. The molecule has 0 aliphatic heterocycles. The number of aryl methyl sites for hydroxylation is 2. The SMILES string of the molecule is COCCN(CCC(=O)OC)c1cnc(C)c(C)n1. The Morgan fingerprint density at radius 1 is 1.26 bits per heavy atom. The Bertz CT molecular complexity index is 424. The summed E-state index contributed by atoms with van der Waals surface area (Å²) in [5, 5.41) is 0. The molecular formula is C13H21N3O3. The van der Waals surface area contributed by atoms with Crippen LogP contribution in [0.4, 0.5) is 5.82 Å². The summed E-state index contributed by atoms with van der Waals surface area (Å²) >= 11 is 0. The van der Waals surface area contributed by atoms with Crippen LogP contribution in [-0.4, -0.2) is 49.9 Å². The minimum Gasteiger partial charge on any atom is -0.469 e. The number of nitrogens with zero attached hydrogens (tertiary/aromatic N) is 3. The van der Waals surface area contributed by atoms with Gasteiger partial charge in [0.25, 0.3) is 0 Å². The van der Waals surface area contributed by atoms with Gasteiger partial charge < -0.3 is 14.4 Å². The summed E-state index contributed by atoms with van der Waals surface area (Å²) in [5.41, 5.74) is 1.79. The maximum atomic E-state index is 11.2. The first kappa shape index (κ1) is 15.4. The molecule has 0 amide bonds. The summed E-state index contributed by atoms with van der Waals surface area (Å²) in [6.45, 7) is 5.59. The van der Waals surface area contributed by atoms with Gasteiger partial charge in [-0.2, -0.15) is 0 Å². The Balaban J connectivity index is 2.76. The number of methoxy groups -OCH3 is 2. The highest BCUT2D eigenvalue weighted by Gasteiger charge is 2.12. The maximum absolute atomic E-state index is 11.2. The van der Waals surface area contributed by atoms with Crippen molar-refractivity contribution in [2.75, 3.05) is 38.8 Å². The van der Waals surface area contributed by atoms with Crippen LogP contribution in [0, 0.1) is 13.8 Å². The molecule has 0 saturated heterocycles. The van der Waals surface area contributed by atoms with E-state index >= 15 is 0 Å². The summed E-state index contributed by atoms with van der Waals surface area (Å²) < 4.78 is 9.73. The minimum absolute atomic E-state index is 0.237. The zero-order valence-electron chi connectivity index (χ0n) is 12.0. The van der Waals surface area contributed by atoms with Crippen molar-refractivity contribution in [2.24, 2.45) is 0 Å². The molecule has 1 aromatic heterocycles. The zero-order valence-corrected chi connectivity index (χ0v) is 12.0. The first-order valence-corrected chi connectivity index (χ1v) is 6.19. The molecule has 0 radical (unpaired) electrons. The second kappa shape index (κ2) is 7.68. The number of esters is 1. The van der Waals surface area contributed by atoms with Crippen molar-refractivity contribution in [3.8, 4) is 0 Å². The summed E-state index contributed by atoms with van der Waals surface area (Å²) in [6.07, 6.45) is 2.03. The topological polar surface area (TPSA) is 64.5 Å². The van der Waals surface area contributed by atoms with Crippen LogP contribution in [0.1, 0.15) is 17.8 Å². The number of hydrogen-bond donors (Lipinski definition) is 0. The standard InChI is InChI=1S/C13H21N3O3/c1-10-11(2)15-12(9-14-10)16(7-8-18-3)6-5-13(17)19-4/h9H,5-8H2,1-4H3. The lowest BCUT2D eigenvalue weighted by Crippen LogP contribution is -2.31. The van der Waals surface area contributed by atoms with Gasteiger partial charge in [-0.15, -0.1) is 0 Å². The van der Waals surface area contributed by atoms with E-state index in [0.717, 1.165) is 17.2 Å². The second-order valence-electron chi connectivity index (χ2n) is 4.21. The fourth-order valence-electron chi connectivity index (χ4n) is 1.55. The van der Waals surface area contributed by atoms with Gasteiger partial charge in [0.15, 0.2) is 0 Å². The van der Waals surface area contributed by atoms with Crippen molar-refractivity contribution in [1.29, 1.82) is 0 Å². The smallest absolute Gasteiger partial charge is 0.307 e. The number of rotatable bonds is 7. The van der Waals surface area contributed by atoms with Crippen molar-refractivity contribution in [3.63, 3.8) is 0 Å². The number of carbonyl (C=O) groups is 1. The first-order chi connectivity index (χ1) is 9.08. The summed E-state index contributed by atoms with van der Waals surface area (Å²) in [5.74, 6) is 0.517. The molecule has 0 aliphatic carbocycles. The molecule has 0 unspecified atom stereocenters. The zero-order chi connectivity index (χ0) is 14.3. The van der Waals surface area contributed by atoms with E-state index in [9.17, 15) is 4.79 Å². The summed E-state index contributed by atoms with van der Waals surface area (Å²) in [7, 11) is 3.03. The third-order valence-electron chi connectivity index (χ3n) is 2.88. The highest BCUT2D eigenvalue weighted by Crippen LogP contribution is 2.12. The molecule has 6 heteroatoms. The van der Waals surface area contributed by atoms with Crippen LogP contribution in [0.15, 0.2) is 6.20 Å². The van der Waals surface area contributed by atoms with E-state index in [1.165, 1.54) is 7.11 Å². The fraction of sp³-hybridized carbons (Fsp3) is 0.615. The molecular weight excluding hydrogens is 246 g/mol. The van der Waals surface area contributed by atoms with Crippen molar-refractivity contribution < 1.29 is 14.3 Å². The molecule has 106 valence electrons. The van der Waals surface area contributed by atoms with E-state index in [4.69, 9.17) is 4.74 Å². The van der Waals surface area contributed by atoms with Crippen molar-refractivity contribution in [2.45, 2.75) is 20.3 Å². The monoisotopic (exact) mass is 267 g/mol. The predicted octanol–water partition coefficient (Wildman–Crippen LogP) is 1.11. The van der Waals surface area contributed by atoms with Crippen LogP contribution in [0.25, 0.3) is 0 Å². The molecule has 0 aliphatic rings. The quantitative estimate of drug-likeness (QED) is 0.690. The molecule has 1 heterocycles. The van der Waals surface area contributed by atoms with Crippen LogP contribution in [0.5, 0.6) is 0 Å². The normalized spacial score (nSPS) is 10.3. The lowest BCUT2D eigenvalue weighted by Gasteiger charge is -2.23. The van der Waals surface area contributed by atoms with Gasteiger partial charge in [0.05, 0.1) is 37.7 Å². The minimum atomic E-state index is -0.237. The van der Waals surface area contributed by atoms with Crippen LogP contribution in [-0.2, 0) is 14.3 Å². The van der Waals surface area contributed by atoms with E-state index in [0.29, 0.717) is 26.1 Å². The van der Waals surface area contributed by atoms with Crippen LogP contribution in [0.2, 0.25) is 0 Å². The lowest BCUT2D eigenvalue weighted by atomic mass is 10.3. The number of ether oxygens (including phenoxy) is 2. The molecule has 19 heavy (non-hydrogen) atoms. The third-order valence-corrected chi connectivity index (χ3v) is 2.88. The Morgan fingerprint density at radius 2 is 2.00 bits per heavy atom. The molecule has 0 fully saturated rings. The predicted molar refractivity (Wildman–Crippen MR) is 72.2 cm³/mol. The van der Waals surface area contributed by atoms with Crippen molar-refractivity contribution in [3.05, 3.63) is 17.6 Å². The van der Waals surface area contributed by atoms with Gasteiger partial charge >= 0.3 is 5.97 Å². The van der Waals surface area contributed by atoms with Gasteiger partial charge in [-0.3, -0.25) is 9.78 Å². The van der Waals surface area contributed by atoms with Gasteiger partial charge in [-0.05, 0) is 13.8 Å². The summed E-state index contributed by atoms with van der Waals surface area (Å²) in [4.78, 5) is 22.0. The highest BCUT2D eigenvalue weighted by molar-refractivity contribution is 5.69. The maximum Gasteiger partial charge on any atom is 0.307 e. The van der Waals surface area contributed by atoms with Gasteiger partial charge in [0, 0.05) is 20.2 Å². The van der Waals surface area contributed by atoms with E-state index in [2.05, 4.69) is 14.7 Å². The second-order valence-corrected chi connectivity index (χ2v) is 4.21.